The molecular weight excluding hydrogens is 206 g/mol. The van der Waals surface area contributed by atoms with Gasteiger partial charge in [0.05, 0.1) is 0 Å². The summed E-state index contributed by atoms with van der Waals surface area (Å²) in [6.45, 7) is 0. The highest BCUT2D eigenvalue weighted by Gasteiger charge is 2.16. The van der Waals surface area contributed by atoms with Gasteiger partial charge in [-0.25, -0.2) is 4.98 Å². The van der Waals surface area contributed by atoms with E-state index in [1.807, 2.05) is 12.1 Å². The van der Waals surface area contributed by atoms with E-state index in [2.05, 4.69) is 4.98 Å². The summed E-state index contributed by atoms with van der Waals surface area (Å²) in [4.78, 5) is 15.1. The number of carbonyl (C=O) groups is 1. The van der Waals surface area contributed by atoms with Gasteiger partial charge in [0.25, 0.3) is 0 Å². The maximum atomic E-state index is 10.8. The average Bonchev–Trinajstić information content (AvgIpc) is 2.31. The van der Waals surface area contributed by atoms with E-state index in [4.69, 9.17) is 0 Å². The van der Waals surface area contributed by atoms with Crippen molar-refractivity contribution in [3.63, 3.8) is 0 Å². The summed E-state index contributed by atoms with van der Waals surface area (Å²) in [6.07, 6.45) is 9.19. The highest BCUT2D eigenvalue weighted by Crippen LogP contribution is 2.33. The van der Waals surface area contributed by atoms with Crippen LogP contribution in [0.5, 0.6) is 0 Å². The van der Waals surface area contributed by atoms with Crippen LogP contribution in [-0.4, -0.2) is 16.5 Å². The lowest BCUT2D eigenvalue weighted by Gasteiger charge is -2.20. The van der Waals surface area contributed by atoms with Crippen LogP contribution in [0.2, 0.25) is 0 Å². The Kier molecular flexibility index (Phi) is 3.78. The number of hydrogen-bond donors (Lipinski definition) is 0. The predicted octanol–water partition coefficient (Wildman–Crippen LogP) is 3.32. The van der Waals surface area contributed by atoms with Crippen LogP contribution in [0.3, 0.4) is 0 Å². The van der Waals surface area contributed by atoms with Crippen molar-refractivity contribution in [2.75, 3.05) is 0 Å². The van der Waals surface area contributed by atoms with Crippen LogP contribution in [0.4, 0.5) is 0 Å². The quantitative estimate of drug-likeness (QED) is 0.733. The van der Waals surface area contributed by atoms with Crippen molar-refractivity contribution < 1.29 is 4.79 Å². The molecule has 1 saturated carbocycles. The molecule has 0 aromatic carbocycles. The molecule has 15 heavy (non-hydrogen) atoms. The van der Waals surface area contributed by atoms with Crippen molar-refractivity contribution in [2.24, 2.45) is 0 Å². The van der Waals surface area contributed by atoms with E-state index < -0.39 is 0 Å². The highest BCUT2D eigenvalue weighted by atomic mass is 32.2. The topological polar surface area (TPSA) is 30.0 Å². The maximum Gasteiger partial charge on any atom is 0.152 e. The van der Waals surface area contributed by atoms with E-state index in [0.717, 1.165) is 16.9 Å². The standard InChI is InChI=1S/C12H15NOS/c14-9-10-5-4-8-13-12(10)15-11-6-2-1-3-7-11/h4-5,8-9,11H,1-3,6-7H2. The summed E-state index contributed by atoms with van der Waals surface area (Å²) in [7, 11) is 0. The Morgan fingerprint density at radius 2 is 2.13 bits per heavy atom. The van der Waals surface area contributed by atoms with Gasteiger partial charge in [0, 0.05) is 17.0 Å². The molecule has 1 aliphatic carbocycles. The number of thioether (sulfide) groups is 1. The zero-order valence-electron chi connectivity index (χ0n) is 8.69. The van der Waals surface area contributed by atoms with E-state index in [0.29, 0.717) is 5.25 Å². The van der Waals surface area contributed by atoms with Gasteiger partial charge >= 0.3 is 0 Å². The first-order valence-corrected chi connectivity index (χ1v) is 6.35. The summed E-state index contributed by atoms with van der Waals surface area (Å²) in [5, 5.41) is 1.56. The second-order valence-electron chi connectivity index (χ2n) is 3.89. The molecule has 1 heterocycles. The summed E-state index contributed by atoms with van der Waals surface area (Å²) in [6, 6.07) is 3.65. The molecule has 0 atom stereocenters. The lowest BCUT2D eigenvalue weighted by Crippen LogP contribution is -2.08. The van der Waals surface area contributed by atoms with E-state index in [9.17, 15) is 4.79 Å². The third-order valence-electron chi connectivity index (χ3n) is 2.76. The summed E-state index contributed by atoms with van der Waals surface area (Å²) in [5.41, 5.74) is 0.730. The highest BCUT2D eigenvalue weighted by molar-refractivity contribution is 7.99. The average molecular weight is 221 g/mol. The fraction of sp³-hybridized carbons (Fsp3) is 0.500. The van der Waals surface area contributed by atoms with Crippen LogP contribution in [-0.2, 0) is 0 Å². The van der Waals surface area contributed by atoms with E-state index in [1.165, 1.54) is 32.1 Å². The van der Waals surface area contributed by atoms with Gasteiger partial charge in [-0.05, 0) is 25.0 Å². The Morgan fingerprint density at radius 3 is 2.87 bits per heavy atom. The number of hydrogen-bond acceptors (Lipinski definition) is 3. The lowest BCUT2D eigenvalue weighted by atomic mass is 10.0. The molecule has 0 aliphatic heterocycles. The molecule has 1 aliphatic rings. The number of nitrogens with zero attached hydrogens (tertiary/aromatic N) is 1. The van der Waals surface area contributed by atoms with Crippen LogP contribution in [0.15, 0.2) is 23.4 Å². The number of aldehydes is 1. The van der Waals surface area contributed by atoms with Crippen LogP contribution in [0.25, 0.3) is 0 Å². The van der Waals surface area contributed by atoms with Crippen molar-refractivity contribution in [1.29, 1.82) is 0 Å². The molecule has 2 rings (SSSR count). The normalized spacial score (nSPS) is 17.6. The largest absolute Gasteiger partial charge is 0.298 e. The van der Waals surface area contributed by atoms with Gasteiger partial charge in [-0.3, -0.25) is 4.79 Å². The third kappa shape index (κ3) is 2.81. The smallest absolute Gasteiger partial charge is 0.152 e. The molecule has 0 saturated heterocycles. The molecule has 1 aromatic rings. The van der Waals surface area contributed by atoms with Gasteiger partial charge in [0.15, 0.2) is 6.29 Å². The van der Waals surface area contributed by atoms with Gasteiger partial charge in [-0.15, -0.1) is 11.8 Å². The summed E-state index contributed by atoms with van der Waals surface area (Å²) in [5.74, 6) is 0. The molecule has 1 fully saturated rings. The van der Waals surface area contributed by atoms with Crippen LogP contribution in [0.1, 0.15) is 42.5 Å². The Balaban J connectivity index is 2.05. The van der Waals surface area contributed by atoms with Gasteiger partial charge in [0.2, 0.25) is 0 Å². The van der Waals surface area contributed by atoms with E-state index >= 15 is 0 Å². The molecule has 0 radical (unpaired) electrons. The van der Waals surface area contributed by atoms with Gasteiger partial charge < -0.3 is 0 Å². The van der Waals surface area contributed by atoms with E-state index in [-0.39, 0.29) is 0 Å². The Hall–Kier alpha value is -0.830. The molecule has 3 heteroatoms. The maximum absolute atomic E-state index is 10.8. The van der Waals surface area contributed by atoms with Gasteiger partial charge in [-0.1, -0.05) is 19.3 Å². The summed E-state index contributed by atoms with van der Waals surface area (Å²) >= 11 is 1.77. The molecule has 0 bridgehead atoms. The SMILES string of the molecule is O=Cc1cccnc1SC1CCCCC1. The zero-order valence-corrected chi connectivity index (χ0v) is 9.50. The molecule has 1 aromatic heterocycles. The Morgan fingerprint density at radius 1 is 1.33 bits per heavy atom. The molecule has 0 spiro atoms. The van der Waals surface area contributed by atoms with Gasteiger partial charge in [-0.2, -0.15) is 0 Å². The minimum Gasteiger partial charge on any atom is -0.298 e. The van der Waals surface area contributed by atoms with Crippen molar-refractivity contribution in [1.82, 2.24) is 4.98 Å². The van der Waals surface area contributed by atoms with Crippen LogP contribution < -0.4 is 0 Å². The molecule has 2 nitrogen and oxygen atoms in total. The number of pyridine rings is 1. The van der Waals surface area contributed by atoms with E-state index in [1.54, 1.807) is 18.0 Å². The minimum absolute atomic E-state index is 0.660. The first-order chi connectivity index (χ1) is 7.40. The van der Waals surface area contributed by atoms with Crippen molar-refractivity contribution >= 4 is 18.0 Å². The predicted molar refractivity (Wildman–Crippen MR) is 62.4 cm³/mol. The Labute approximate surface area is 94.5 Å². The van der Waals surface area contributed by atoms with Gasteiger partial charge in [0.1, 0.15) is 5.03 Å². The van der Waals surface area contributed by atoms with Crippen LogP contribution in [0, 0.1) is 0 Å². The monoisotopic (exact) mass is 221 g/mol. The molecule has 0 unspecified atom stereocenters. The Bertz CT molecular complexity index is 334. The number of aromatic nitrogens is 1. The minimum atomic E-state index is 0.660. The summed E-state index contributed by atoms with van der Waals surface area (Å²) < 4.78 is 0. The first kappa shape index (κ1) is 10.7. The van der Waals surface area contributed by atoms with Crippen molar-refractivity contribution in [3.8, 4) is 0 Å². The zero-order chi connectivity index (χ0) is 10.5. The molecule has 0 N–H and O–H groups in total. The van der Waals surface area contributed by atoms with Crippen LogP contribution >= 0.6 is 11.8 Å². The molecule has 80 valence electrons. The molecule has 0 amide bonds. The van der Waals surface area contributed by atoms with Crippen molar-refractivity contribution in [3.05, 3.63) is 23.9 Å². The first-order valence-electron chi connectivity index (χ1n) is 5.47. The fourth-order valence-electron chi connectivity index (χ4n) is 1.93. The number of rotatable bonds is 3. The number of carbonyl (C=O) groups excluding carboxylic acids is 1. The second kappa shape index (κ2) is 5.31. The lowest BCUT2D eigenvalue weighted by molar-refractivity contribution is 0.112. The molecular formula is C12H15NOS. The fourth-order valence-corrected chi connectivity index (χ4v) is 3.19. The van der Waals surface area contributed by atoms with Crippen molar-refractivity contribution in [2.45, 2.75) is 42.4 Å². The third-order valence-corrected chi connectivity index (χ3v) is 4.13. The second-order valence-corrected chi connectivity index (χ2v) is 5.18.